The van der Waals surface area contributed by atoms with E-state index in [0.717, 1.165) is 11.3 Å². The summed E-state index contributed by atoms with van der Waals surface area (Å²) in [5, 5.41) is 2.89. The molecule has 2 aromatic heterocycles. The van der Waals surface area contributed by atoms with E-state index in [9.17, 15) is 4.79 Å². The molecule has 2 heterocycles. The maximum absolute atomic E-state index is 12.3. The van der Waals surface area contributed by atoms with Crippen LogP contribution in [0.2, 0.25) is 0 Å². The van der Waals surface area contributed by atoms with E-state index in [-0.39, 0.29) is 5.91 Å². The van der Waals surface area contributed by atoms with E-state index in [1.807, 2.05) is 24.3 Å². The fraction of sp³-hybridized carbons (Fsp3) is 0.111. The van der Waals surface area contributed by atoms with Gasteiger partial charge in [0.1, 0.15) is 11.4 Å². The number of methoxy groups -OCH3 is 1. The first-order valence-corrected chi connectivity index (χ1v) is 7.18. The molecule has 5 nitrogen and oxygen atoms in total. The number of nitrogens with one attached hydrogen (secondary N) is 1. The summed E-state index contributed by atoms with van der Waals surface area (Å²) >= 11 is 0. The second kappa shape index (κ2) is 6.79. The van der Waals surface area contributed by atoms with E-state index in [1.165, 1.54) is 0 Å². The molecular weight excluding hydrogens is 292 g/mol. The van der Waals surface area contributed by atoms with Gasteiger partial charge < -0.3 is 14.5 Å². The van der Waals surface area contributed by atoms with Crippen LogP contribution in [0.4, 0.5) is 0 Å². The van der Waals surface area contributed by atoms with Crippen molar-refractivity contribution in [1.29, 1.82) is 0 Å². The van der Waals surface area contributed by atoms with E-state index in [0.29, 0.717) is 23.6 Å². The number of nitrogens with zero attached hydrogens (tertiary/aromatic N) is 1. The number of pyridine rings is 1. The third-order valence-electron chi connectivity index (χ3n) is 3.42. The summed E-state index contributed by atoms with van der Waals surface area (Å²) in [6, 6.07) is 14.4. The summed E-state index contributed by atoms with van der Waals surface area (Å²) in [5.41, 5.74) is 2.16. The molecule has 0 aliphatic heterocycles. The van der Waals surface area contributed by atoms with Gasteiger partial charge in [-0.05, 0) is 36.4 Å². The van der Waals surface area contributed by atoms with E-state index >= 15 is 0 Å². The monoisotopic (exact) mass is 308 g/mol. The molecule has 0 atom stereocenters. The zero-order valence-corrected chi connectivity index (χ0v) is 12.7. The molecule has 3 rings (SSSR count). The standard InChI is InChI=1S/C18H16N2O3/c1-22-15-7-2-5-13(11-15)18(21)20-12-14-6-3-9-19-17(14)16-8-4-10-23-16/h2-11H,12H2,1H3,(H,20,21). The number of carbonyl (C=O) groups is 1. The van der Waals surface area contributed by atoms with Crippen LogP contribution >= 0.6 is 0 Å². The average Bonchev–Trinajstić information content (AvgIpc) is 3.14. The second-order valence-corrected chi connectivity index (χ2v) is 4.90. The summed E-state index contributed by atoms with van der Waals surface area (Å²) in [5.74, 6) is 1.16. The highest BCUT2D eigenvalue weighted by atomic mass is 16.5. The van der Waals surface area contributed by atoms with Gasteiger partial charge in [-0.2, -0.15) is 0 Å². The molecule has 0 saturated heterocycles. The second-order valence-electron chi connectivity index (χ2n) is 4.90. The van der Waals surface area contributed by atoms with Crippen molar-refractivity contribution in [3.63, 3.8) is 0 Å². The first-order valence-electron chi connectivity index (χ1n) is 7.18. The molecule has 3 aromatic rings. The first-order chi connectivity index (χ1) is 11.3. The van der Waals surface area contributed by atoms with Crippen LogP contribution in [-0.4, -0.2) is 18.0 Å². The minimum absolute atomic E-state index is 0.168. The van der Waals surface area contributed by atoms with E-state index in [4.69, 9.17) is 9.15 Å². The molecule has 23 heavy (non-hydrogen) atoms. The van der Waals surface area contributed by atoms with Gasteiger partial charge in [0.25, 0.3) is 5.91 Å². The van der Waals surface area contributed by atoms with Crippen molar-refractivity contribution in [3.05, 3.63) is 72.1 Å². The third kappa shape index (κ3) is 3.40. The number of ether oxygens (including phenoxy) is 1. The first kappa shape index (κ1) is 14.8. The molecule has 1 N–H and O–H groups in total. The lowest BCUT2D eigenvalue weighted by atomic mass is 10.1. The van der Waals surface area contributed by atoms with Gasteiger partial charge in [-0.15, -0.1) is 0 Å². The number of hydrogen-bond acceptors (Lipinski definition) is 4. The summed E-state index contributed by atoms with van der Waals surface area (Å²) in [6.07, 6.45) is 3.30. The van der Waals surface area contributed by atoms with Crippen LogP contribution in [0.1, 0.15) is 15.9 Å². The Kier molecular flexibility index (Phi) is 4.38. The van der Waals surface area contributed by atoms with Gasteiger partial charge in [-0.3, -0.25) is 9.78 Å². The Balaban J connectivity index is 1.75. The molecule has 0 radical (unpaired) electrons. The van der Waals surface area contributed by atoms with Gasteiger partial charge in [0.05, 0.1) is 13.4 Å². The molecule has 0 fully saturated rings. The van der Waals surface area contributed by atoms with Crippen LogP contribution in [-0.2, 0) is 6.54 Å². The largest absolute Gasteiger partial charge is 0.497 e. The molecule has 0 bridgehead atoms. The third-order valence-corrected chi connectivity index (χ3v) is 3.42. The smallest absolute Gasteiger partial charge is 0.251 e. The molecule has 1 amide bonds. The van der Waals surface area contributed by atoms with Gasteiger partial charge >= 0.3 is 0 Å². The fourth-order valence-electron chi connectivity index (χ4n) is 2.26. The molecule has 5 heteroatoms. The maximum Gasteiger partial charge on any atom is 0.251 e. The normalized spacial score (nSPS) is 10.3. The zero-order valence-electron chi connectivity index (χ0n) is 12.7. The van der Waals surface area contributed by atoms with Crippen LogP contribution in [0, 0.1) is 0 Å². The van der Waals surface area contributed by atoms with Crippen molar-refractivity contribution in [2.45, 2.75) is 6.54 Å². The lowest BCUT2D eigenvalue weighted by Gasteiger charge is -2.09. The topological polar surface area (TPSA) is 64.4 Å². The highest BCUT2D eigenvalue weighted by Gasteiger charge is 2.11. The molecule has 0 aliphatic carbocycles. The number of furan rings is 1. The summed E-state index contributed by atoms with van der Waals surface area (Å²) in [6.45, 7) is 0.361. The Morgan fingerprint density at radius 2 is 2.13 bits per heavy atom. The summed E-state index contributed by atoms with van der Waals surface area (Å²) in [7, 11) is 1.57. The maximum atomic E-state index is 12.3. The number of benzene rings is 1. The number of aromatic nitrogens is 1. The lowest BCUT2D eigenvalue weighted by Crippen LogP contribution is -2.23. The number of carbonyl (C=O) groups excluding carboxylic acids is 1. The number of hydrogen-bond donors (Lipinski definition) is 1. The molecule has 1 aromatic carbocycles. The fourth-order valence-corrected chi connectivity index (χ4v) is 2.26. The Labute approximate surface area is 133 Å². The molecule has 0 spiro atoms. The lowest BCUT2D eigenvalue weighted by molar-refractivity contribution is 0.0950. The van der Waals surface area contributed by atoms with Crippen LogP contribution in [0.3, 0.4) is 0 Å². The van der Waals surface area contributed by atoms with Crippen molar-refractivity contribution in [2.75, 3.05) is 7.11 Å². The SMILES string of the molecule is COc1cccc(C(=O)NCc2cccnc2-c2ccco2)c1. The minimum Gasteiger partial charge on any atom is -0.497 e. The highest BCUT2D eigenvalue weighted by molar-refractivity contribution is 5.94. The molecule has 0 unspecified atom stereocenters. The van der Waals surface area contributed by atoms with E-state index in [2.05, 4.69) is 10.3 Å². The van der Waals surface area contributed by atoms with Gasteiger partial charge in [0.15, 0.2) is 5.76 Å². The predicted octanol–water partition coefficient (Wildman–Crippen LogP) is 3.28. The Morgan fingerprint density at radius 1 is 1.22 bits per heavy atom. The van der Waals surface area contributed by atoms with E-state index < -0.39 is 0 Å². The number of rotatable bonds is 5. The average molecular weight is 308 g/mol. The minimum atomic E-state index is -0.168. The van der Waals surface area contributed by atoms with Crippen molar-refractivity contribution in [1.82, 2.24) is 10.3 Å². The Bertz CT molecular complexity index is 798. The van der Waals surface area contributed by atoms with Crippen molar-refractivity contribution >= 4 is 5.91 Å². The van der Waals surface area contributed by atoms with Crippen LogP contribution in [0.15, 0.2) is 65.4 Å². The Hall–Kier alpha value is -3.08. The predicted molar refractivity (Wildman–Crippen MR) is 86.1 cm³/mol. The van der Waals surface area contributed by atoms with E-state index in [1.54, 1.807) is 43.8 Å². The van der Waals surface area contributed by atoms with Gasteiger partial charge in [0.2, 0.25) is 0 Å². The van der Waals surface area contributed by atoms with Crippen LogP contribution in [0.25, 0.3) is 11.5 Å². The van der Waals surface area contributed by atoms with Crippen molar-refractivity contribution < 1.29 is 13.9 Å². The van der Waals surface area contributed by atoms with Gasteiger partial charge in [-0.1, -0.05) is 12.1 Å². The van der Waals surface area contributed by atoms with Crippen LogP contribution < -0.4 is 10.1 Å². The number of amides is 1. The van der Waals surface area contributed by atoms with Crippen molar-refractivity contribution in [3.8, 4) is 17.2 Å². The summed E-state index contributed by atoms with van der Waals surface area (Å²) in [4.78, 5) is 16.6. The molecule has 0 saturated carbocycles. The zero-order chi connectivity index (χ0) is 16.1. The van der Waals surface area contributed by atoms with Crippen molar-refractivity contribution in [2.24, 2.45) is 0 Å². The van der Waals surface area contributed by atoms with Gasteiger partial charge in [0, 0.05) is 23.9 Å². The molecule has 0 aliphatic rings. The summed E-state index contributed by atoms with van der Waals surface area (Å²) < 4.78 is 10.5. The quantitative estimate of drug-likeness (QED) is 0.785. The van der Waals surface area contributed by atoms with Crippen LogP contribution in [0.5, 0.6) is 5.75 Å². The molecular formula is C18H16N2O3. The highest BCUT2D eigenvalue weighted by Crippen LogP contribution is 2.21. The van der Waals surface area contributed by atoms with Gasteiger partial charge in [-0.25, -0.2) is 0 Å². The molecule has 116 valence electrons. The Morgan fingerprint density at radius 3 is 2.91 bits per heavy atom.